The maximum Gasteiger partial charge on any atom is 0.0208 e. The molecule has 1 aromatic rings. The van der Waals surface area contributed by atoms with Crippen molar-refractivity contribution in [3.63, 3.8) is 0 Å². The molecule has 0 atom stereocenters. The number of halogens is 1. The number of rotatable bonds is 7. The zero-order valence-electron chi connectivity index (χ0n) is 10.4. The molecular formula is C14H22BrN. The lowest BCUT2D eigenvalue weighted by Crippen LogP contribution is -2.15. The molecule has 0 saturated heterocycles. The lowest BCUT2D eigenvalue weighted by atomic mass is 10.1. The summed E-state index contributed by atoms with van der Waals surface area (Å²) in [6.45, 7) is 6.46. The molecule has 0 bridgehead atoms. The average Bonchev–Trinajstić information content (AvgIpc) is 2.28. The van der Waals surface area contributed by atoms with Gasteiger partial charge in [-0.2, -0.15) is 0 Å². The van der Waals surface area contributed by atoms with Crippen LogP contribution in [0.25, 0.3) is 0 Å². The van der Waals surface area contributed by atoms with E-state index in [-0.39, 0.29) is 0 Å². The van der Waals surface area contributed by atoms with Crippen LogP contribution >= 0.6 is 15.9 Å². The molecule has 1 N–H and O–H groups in total. The molecule has 1 aromatic carbocycles. The molecule has 0 amide bonds. The number of alkyl halides is 1. The van der Waals surface area contributed by atoms with Crippen LogP contribution in [0.15, 0.2) is 18.2 Å². The second kappa shape index (κ2) is 7.86. The molecule has 0 aliphatic heterocycles. The van der Waals surface area contributed by atoms with Crippen LogP contribution in [0.4, 0.5) is 0 Å². The van der Waals surface area contributed by atoms with Crippen molar-refractivity contribution in [1.29, 1.82) is 0 Å². The first-order valence-corrected chi connectivity index (χ1v) is 7.19. The van der Waals surface area contributed by atoms with Gasteiger partial charge in [0, 0.05) is 11.9 Å². The van der Waals surface area contributed by atoms with E-state index < -0.39 is 0 Å². The Labute approximate surface area is 108 Å². The second-order valence-corrected chi connectivity index (χ2v) is 5.15. The average molecular weight is 284 g/mol. The van der Waals surface area contributed by atoms with Crippen molar-refractivity contribution in [2.75, 3.05) is 11.9 Å². The van der Waals surface area contributed by atoms with Crippen LogP contribution in [-0.4, -0.2) is 11.9 Å². The standard InChI is InChI=1S/C14H22BrN/c1-12-6-7-13(2)14(10-12)11-16-9-5-3-4-8-15/h6-7,10,16H,3-5,8-9,11H2,1-2H3. The molecule has 0 aliphatic rings. The van der Waals surface area contributed by atoms with Gasteiger partial charge in [0.15, 0.2) is 0 Å². The summed E-state index contributed by atoms with van der Waals surface area (Å²) in [5, 5.41) is 4.64. The van der Waals surface area contributed by atoms with Gasteiger partial charge in [0.05, 0.1) is 0 Å². The van der Waals surface area contributed by atoms with E-state index in [0.29, 0.717) is 0 Å². The van der Waals surface area contributed by atoms with E-state index in [1.54, 1.807) is 0 Å². The predicted octanol–water partition coefficient (Wildman–Crippen LogP) is 3.96. The summed E-state index contributed by atoms with van der Waals surface area (Å²) in [7, 11) is 0. The second-order valence-electron chi connectivity index (χ2n) is 4.36. The molecule has 0 spiro atoms. The quantitative estimate of drug-likeness (QED) is 0.590. The molecule has 0 aromatic heterocycles. The monoisotopic (exact) mass is 283 g/mol. The van der Waals surface area contributed by atoms with Crippen LogP contribution in [0.5, 0.6) is 0 Å². The molecule has 0 heterocycles. The number of nitrogens with one attached hydrogen (secondary N) is 1. The van der Waals surface area contributed by atoms with E-state index in [0.717, 1.165) is 18.4 Å². The van der Waals surface area contributed by atoms with Crippen molar-refractivity contribution >= 4 is 15.9 Å². The van der Waals surface area contributed by atoms with E-state index in [9.17, 15) is 0 Å². The van der Waals surface area contributed by atoms with E-state index in [1.807, 2.05) is 0 Å². The molecule has 0 unspecified atom stereocenters. The minimum absolute atomic E-state index is 1.00. The minimum atomic E-state index is 1.00. The van der Waals surface area contributed by atoms with Gasteiger partial charge in [0.2, 0.25) is 0 Å². The Balaban J connectivity index is 2.23. The fraction of sp³-hybridized carbons (Fsp3) is 0.571. The third-order valence-electron chi connectivity index (χ3n) is 2.81. The number of hydrogen-bond acceptors (Lipinski definition) is 1. The van der Waals surface area contributed by atoms with E-state index in [2.05, 4.69) is 53.3 Å². The molecule has 0 aliphatic carbocycles. The highest BCUT2D eigenvalue weighted by molar-refractivity contribution is 9.09. The van der Waals surface area contributed by atoms with E-state index in [1.165, 1.54) is 36.0 Å². The van der Waals surface area contributed by atoms with Gasteiger partial charge in [-0.15, -0.1) is 0 Å². The Hall–Kier alpha value is -0.340. The molecule has 0 radical (unpaired) electrons. The maximum absolute atomic E-state index is 3.51. The Morgan fingerprint density at radius 1 is 1.12 bits per heavy atom. The molecule has 0 fully saturated rings. The molecule has 0 saturated carbocycles. The van der Waals surface area contributed by atoms with Crippen molar-refractivity contribution in [1.82, 2.24) is 5.32 Å². The van der Waals surface area contributed by atoms with Gasteiger partial charge < -0.3 is 5.32 Å². The zero-order chi connectivity index (χ0) is 11.8. The fourth-order valence-electron chi connectivity index (χ4n) is 1.74. The van der Waals surface area contributed by atoms with Gasteiger partial charge in [-0.3, -0.25) is 0 Å². The van der Waals surface area contributed by atoms with Crippen LogP contribution in [0.3, 0.4) is 0 Å². The van der Waals surface area contributed by atoms with Gasteiger partial charge in [-0.05, 0) is 44.4 Å². The van der Waals surface area contributed by atoms with Crippen molar-refractivity contribution in [3.8, 4) is 0 Å². The summed E-state index contributed by atoms with van der Waals surface area (Å²) in [6, 6.07) is 6.66. The first-order valence-electron chi connectivity index (χ1n) is 6.07. The van der Waals surface area contributed by atoms with Crippen molar-refractivity contribution in [2.45, 2.75) is 39.7 Å². The van der Waals surface area contributed by atoms with Gasteiger partial charge in [-0.1, -0.05) is 46.1 Å². The van der Waals surface area contributed by atoms with Crippen LogP contribution in [0.1, 0.15) is 36.0 Å². The van der Waals surface area contributed by atoms with Crippen molar-refractivity contribution in [2.24, 2.45) is 0 Å². The Morgan fingerprint density at radius 2 is 1.94 bits per heavy atom. The molecule has 1 rings (SSSR count). The highest BCUT2D eigenvalue weighted by Crippen LogP contribution is 2.10. The summed E-state index contributed by atoms with van der Waals surface area (Å²) in [6.07, 6.45) is 3.87. The van der Waals surface area contributed by atoms with Crippen LogP contribution in [0, 0.1) is 13.8 Å². The van der Waals surface area contributed by atoms with Crippen molar-refractivity contribution in [3.05, 3.63) is 34.9 Å². The molecule has 1 nitrogen and oxygen atoms in total. The van der Waals surface area contributed by atoms with Crippen LogP contribution in [-0.2, 0) is 6.54 Å². The Kier molecular flexibility index (Phi) is 6.74. The van der Waals surface area contributed by atoms with Gasteiger partial charge in [0.1, 0.15) is 0 Å². The highest BCUT2D eigenvalue weighted by Gasteiger charge is 1.97. The summed E-state index contributed by atoms with van der Waals surface area (Å²) >= 11 is 3.45. The topological polar surface area (TPSA) is 12.0 Å². The first-order chi connectivity index (χ1) is 7.74. The smallest absolute Gasteiger partial charge is 0.0208 e. The summed E-state index contributed by atoms with van der Waals surface area (Å²) in [5.74, 6) is 0. The maximum atomic E-state index is 3.51. The number of benzene rings is 1. The molecule has 90 valence electrons. The number of aryl methyl sites for hydroxylation is 2. The molecular weight excluding hydrogens is 262 g/mol. The van der Waals surface area contributed by atoms with Crippen LogP contribution < -0.4 is 5.32 Å². The predicted molar refractivity (Wildman–Crippen MR) is 75.3 cm³/mol. The Bertz CT molecular complexity index is 310. The van der Waals surface area contributed by atoms with Gasteiger partial charge >= 0.3 is 0 Å². The number of hydrogen-bond donors (Lipinski definition) is 1. The van der Waals surface area contributed by atoms with Crippen molar-refractivity contribution < 1.29 is 0 Å². The lowest BCUT2D eigenvalue weighted by Gasteiger charge is -2.08. The van der Waals surface area contributed by atoms with Gasteiger partial charge in [0.25, 0.3) is 0 Å². The SMILES string of the molecule is Cc1ccc(C)c(CNCCCCCBr)c1. The van der Waals surface area contributed by atoms with E-state index >= 15 is 0 Å². The largest absolute Gasteiger partial charge is 0.313 e. The highest BCUT2D eigenvalue weighted by atomic mass is 79.9. The number of unbranched alkanes of at least 4 members (excludes halogenated alkanes) is 2. The molecule has 2 heteroatoms. The minimum Gasteiger partial charge on any atom is -0.313 e. The summed E-state index contributed by atoms with van der Waals surface area (Å²) in [5.41, 5.74) is 4.17. The third kappa shape index (κ3) is 5.13. The van der Waals surface area contributed by atoms with Crippen LogP contribution in [0.2, 0.25) is 0 Å². The zero-order valence-corrected chi connectivity index (χ0v) is 11.9. The fourth-order valence-corrected chi connectivity index (χ4v) is 2.13. The summed E-state index contributed by atoms with van der Waals surface area (Å²) in [4.78, 5) is 0. The lowest BCUT2D eigenvalue weighted by molar-refractivity contribution is 0.618. The molecule has 16 heavy (non-hydrogen) atoms. The first kappa shape index (κ1) is 13.7. The normalized spacial score (nSPS) is 10.7. The Morgan fingerprint density at radius 3 is 2.69 bits per heavy atom. The third-order valence-corrected chi connectivity index (χ3v) is 3.37. The van der Waals surface area contributed by atoms with Gasteiger partial charge in [-0.25, -0.2) is 0 Å². The van der Waals surface area contributed by atoms with E-state index in [4.69, 9.17) is 0 Å². The summed E-state index contributed by atoms with van der Waals surface area (Å²) < 4.78 is 0.